The van der Waals surface area contributed by atoms with Crippen LogP contribution in [0.3, 0.4) is 0 Å². The van der Waals surface area contributed by atoms with E-state index in [4.69, 9.17) is 14.9 Å². The molecule has 0 bridgehead atoms. The Morgan fingerprint density at radius 2 is 1.17 bits per heavy atom. The van der Waals surface area contributed by atoms with Crippen molar-refractivity contribution in [1.82, 2.24) is 0 Å². The third-order valence-electron chi connectivity index (χ3n) is 2.84. The summed E-state index contributed by atoms with van der Waals surface area (Å²) >= 11 is 0. The molecule has 0 aliphatic carbocycles. The fraction of sp³-hybridized carbons (Fsp3) is 0.917. The van der Waals surface area contributed by atoms with Crippen LogP contribution in [0.4, 0.5) is 0 Å². The fourth-order valence-electron chi connectivity index (χ4n) is 1.83. The Morgan fingerprint density at radius 3 is 1.56 bits per heavy atom. The lowest BCUT2D eigenvalue weighted by molar-refractivity contribution is -0.137. The Kier molecular flexibility index (Phi) is 10.3. The van der Waals surface area contributed by atoms with Gasteiger partial charge in [-0.25, -0.2) is 0 Å². The van der Waals surface area contributed by atoms with E-state index in [1.807, 2.05) is 0 Å². The van der Waals surface area contributed by atoms with Crippen molar-refractivity contribution in [2.75, 3.05) is 6.16 Å². The third-order valence-corrected chi connectivity index (χ3v) is 3.74. The van der Waals surface area contributed by atoms with E-state index in [1.165, 1.54) is 0 Å². The first kappa shape index (κ1) is 17.6. The molecule has 0 spiro atoms. The minimum Gasteiger partial charge on any atom is -0.481 e. The van der Waals surface area contributed by atoms with E-state index in [1.54, 1.807) is 0 Å². The van der Waals surface area contributed by atoms with Crippen LogP contribution in [0.25, 0.3) is 0 Å². The predicted octanol–water partition coefficient (Wildman–Crippen LogP) is 3.15. The maximum absolute atomic E-state index is 10.6. The van der Waals surface area contributed by atoms with E-state index in [0.717, 1.165) is 51.4 Å². The lowest BCUT2D eigenvalue weighted by Crippen LogP contribution is -1.93. The van der Waals surface area contributed by atoms with Gasteiger partial charge in [-0.2, -0.15) is 0 Å². The molecule has 3 N–H and O–H groups in total. The van der Waals surface area contributed by atoms with Crippen molar-refractivity contribution in [3.8, 4) is 0 Å². The Morgan fingerprint density at radius 1 is 0.778 bits per heavy atom. The summed E-state index contributed by atoms with van der Waals surface area (Å²) in [6.07, 6.45) is 8.94. The quantitative estimate of drug-likeness (QED) is 0.377. The van der Waals surface area contributed by atoms with Gasteiger partial charge in [-0.1, -0.05) is 44.9 Å². The van der Waals surface area contributed by atoms with E-state index in [-0.39, 0.29) is 12.6 Å². The highest BCUT2D eigenvalue weighted by Crippen LogP contribution is 2.35. The van der Waals surface area contributed by atoms with Crippen LogP contribution in [0, 0.1) is 0 Å². The van der Waals surface area contributed by atoms with Gasteiger partial charge < -0.3 is 14.9 Å². The first-order chi connectivity index (χ1) is 8.42. The number of carbonyl (C=O) groups is 1. The van der Waals surface area contributed by atoms with E-state index >= 15 is 0 Å². The average Bonchev–Trinajstić information content (AvgIpc) is 2.24. The van der Waals surface area contributed by atoms with Crippen LogP contribution in [0.15, 0.2) is 0 Å². The van der Waals surface area contributed by atoms with E-state index in [9.17, 15) is 9.36 Å². The van der Waals surface area contributed by atoms with E-state index in [0.29, 0.717) is 6.42 Å². The number of carboxylic acids is 1. The minimum absolute atomic E-state index is 0.00217. The maximum atomic E-state index is 10.6. The fourth-order valence-corrected chi connectivity index (χ4v) is 2.47. The zero-order chi connectivity index (χ0) is 13.9. The standard InChI is InChI=1S/C12H25O5P/c13-12(14)10-8-6-4-2-1-3-5-7-9-11-18(15,16)17/h1-11H2,(H,13,14)(H2,15,16,17). The maximum Gasteiger partial charge on any atom is 0.325 e. The summed E-state index contributed by atoms with van der Waals surface area (Å²) in [5.41, 5.74) is 0. The summed E-state index contributed by atoms with van der Waals surface area (Å²) in [6, 6.07) is 0. The highest BCUT2D eigenvalue weighted by atomic mass is 31.2. The molecule has 0 saturated heterocycles. The van der Waals surface area contributed by atoms with E-state index in [2.05, 4.69) is 0 Å². The van der Waals surface area contributed by atoms with Crippen molar-refractivity contribution in [2.24, 2.45) is 0 Å². The van der Waals surface area contributed by atoms with Crippen LogP contribution >= 0.6 is 7.60 Å². The van der Waals surface area contributed by atoms with Gasteiger partial charge in [-0.05, 0) is 12.8 Å². The second-order valence-corrected chi connectivity index (χ2v) is 6.49. The zero-order valence-corrected chi connectivity index (χ0v) is 11.8. The van der Waals surface area contributed by atoms with Gasteiger partial charge in [-0.3, -0.25) is 9.36 Å². The molecule has 0 fully saturated rings. The van der Waals surface area contributed by atoms with Crippen molar-refractivity contribution in [2.45, 2.75) is 64.2 Å². The van der Waals surface area contributed by atoms with Crippen molar-refractivity contribution in [1.29, 1.82) is 0 Å². The Hall–Kier alpha value is -0.380. The molecule has 0 aliphatic heterocycles. The molecule has 0 heterocycles. The minimum atomic E-state index is -3.80. The molecule has 108 valence electrons. The summed E-state index contributed by atoms with van der Waals surface area (Å²) in [4.78, 5) is 27.5. The van der Waals surface area contributed by atoms with Crippen molar-refractivity contribution >= 4 is 13.6 Å². The molecule has 0 rings (SSSR count). The molecule has 0 amide bonds. The average molecular weight is 280 g/mol. The van der Waals surface area contributed by atoms with Crippen LogP contribution < -0.4 is 0 Å². The summed E-state index contributed by atoms with van der Waals surface area (Å²) in [5.74, 6) is -0.722. The molecule has 0 atom stereocenters. The molecular weight excluding hydrogens is 255 g/mol. The second-order valence-electron chi connectivity index (χ2n) is 4.71. The topological polar surface area (TPSA) is 94.8 Å². The van der Waals surface area contributed by atoms with Crippen LogP contribution in [0.2, 0.25) is 0 Å². The zero-order valence-electron chi connectivity index (χ0n) is 10.9. The highest BCUT2D eigenvalue weighted by Gasteiger charge is 2.10. The Labute approximate surface area is 109 Å². The van der Waals surface area contributed by atoms with Gasteiger partial charge >= 0.3 is 13.6 Å². The van der Waals surface area contributed by atoms with Gasteiger partial charge in [-0.15, -0.1) is 0 Å². The van der Waals surface area contributed by atoms with Gasteiger partial charge in [0.2, 0.25) is 0 Å². The summed E-state index contributed by atoms with van der Waals surface area (Å²) in [5, 5.41) is 8.44. The van der Waals surface area contributed by atoms with Gasteiger partial charge in [0.1, 0.15) is 0 Å². The first-order valence-corrected chi connectivity index (χ1v) is 8.48. The first-order valence-electron chi connectivity index (χ1n) is 6.68. The number of carboxylic acid groups (broad SMARTS) is 1. The van der Waals surface area contributed by atoms with Crippen LogP contribution in [-0.2, 0) is 9.36 Å². The molecule has 0 aromatic heterocycles. The van der Waals surface area contributed by atoms with Gasteiger partial charge in [0.25, 0.3) is 0 Å². The molecule has 5 nitrogen and oxygen atoms in total. The lowest BCUT2D eigenvalue weighted by atomic mass is 10.1. The summed E-state index contributed by atoms with van der Waals surface area (Å²) in [7, 11) is -3.80. The predicted molar refractivity (Wildman–Crippen MR) is 70.7 cm³/mol. The summed E-state index contributed by atoms with van der Waals surface area (Å²) < 4.78 is 10.6. The molecule has 0 aromatic carbocycles. The smallest absolute Gasteiger partial charge is 0.325 e. The molecule has 6 heteroatoms. The van der Waals surface area contributed by atoms with Crippen molar-refractivity contribution in [3.05, 3.63) is 0 Å². The number of hydrogen-bond acceptors (Lipinski definition) is 2. The van der Waals surface area contributed by atoms with Crippen molar-refractivity contribution in [3.63, 3.8) is 0 Å². The van der Waals surface area contributed by atoms with Crippen LogP contribution in [0.1, 0.15) is 64.2 Å². The van der Waals surface area contributed by atoms with Crippen LogP contribution in [0.5, 0.6) is 0 Å². The molecule has 0 aromatic rings. The van der Waals surface area contributed by atoms with Crippen molar-refractivity contribution < 1.29 is 24.3 Å². The monoisotopic (exact) mass is 280 g/mol. The number of aliphatic carboxylic acids is 1. The van der Waals surface area contributed by atoms with Gasteiger partial charge in [0.15, 0.2) is 0 Å². The molecule has 0 saturated carbocycles. The molecule has 0 unspecified atom stereocenters. The van der Waals surface area contributed by atoms with Crippen LogP contribution in [-0.4, -0.2) is 27.0 Å². The molecular formula is C12H25O5P. The number of unbranched alkanes of at least 4 members (excludes halogenated alkanes) is 8. The molecule has 0 aliphatic rings. The SMILES string of the molecule is O=C(O)CCCCCCCCCCCP(=O)(O)O. The number of rotatable bonds is 12. The largest absolute Gasteiger partial charge is 0.481 e. The van der Waals surface area contributed by atoms with E-state index < -0.39 is 13.6 Å². The lowest BCUT2D eigenvalue weighted by Gasteiger charge is -2.03. The highest BCUT2D eigenvalue weighted by molar-refractivity contribution is 7.51. The molecule has 0 radical (unpaired) electrons. The Balaban J connectivity index is 3.08. The number of hydrogen-bond donors (Lipinski definition) is 3. The van der Waals surface area contributed by atoms with Gasteiger partial charge in [0.05, 0.1) is 0 Å². The third kappa shape index (κ3) is 15.6. The Bertz CT molecular complexity index is 261. The second kappa shape index (κ2) is 10.5. The molecule has 18 heavy (non-hydrogen) atoms. The summed E-state index contributed by atoms with van der Waals surface area (Å²) in [6.45, 7) is 0. The van der Waals surface area contributed by atoms with Gasteiger partial charge in [0, 0.05) is 12.6 Å². The normalized spacial score (nSPS) is 11.7.